The van der Waals surface area contributed by atoms with E-state index in [1.807, 2.05) is 0 Å². The van der Waals surface area contributed by atoms with E-state index in [1.54, 1.807) is 0 Å². The summed E-state index contributed by atoms with van der Waals surface area (Å²) in [4.78, 5) is 0. The number of terminal acetylenes is 1. The van der Waals surface area contributed by atoms with Gasteiger partial charge < -0.3 is 9.53 Å². The van der Waals surface area contributed by atoms with Gasteiger partial charge in [-0.15, -0.1) is 6.42 Å². The van der Waals surface area contributed by atoms with E-state index >= 15 is 0 Å². The summed E-state index contributed by atoms with van der Waals surface area (Å²) in [5, 5.41) is 9.47. The predicted molar refractivity (Wildman–Crippen MR) is 76.5 cm³/mol. The van der Waals surface area contributed by atoms with Gasteiger partial charge in [0, 0.05) is 6.61 Å². The molecule has 0 aliphatic heterocycles. The van der Waals surface area contributed by atoms with Crippen LogP contribution in [0.4, 0.5) is 0 Å². The second-order valence-electron chi connectivity index (χ2n) is 6.14. The van der Waals surface area contributed by atoms with Crippen molar-refractivity contribution in [1.82, 2.24) is 0 Å². The van der Waals surface area contributed by atoms with E-state index in [0.29, 0.717) is 6.42 Å². The molecule has 0 rings (SSSR count). The van der Waals surface area contributed by atoms with Crippen molar-refractivity contribution in [3.05, 3.63) is 0 Å². The Labute approximate surface area is 108 Å². The molecule has 0 aliphatic carbocycles. The normalized spacial score (nSPS) is 14.4. The maximum absolute atomic E-state index is 9.19. The van der Waals surface area contributed by atoms with Gasteiger partial charge in [0.2, 0.25) is 0 Å². The first-order chi connectivity index (χ1) is 7.70. The molecule has 0 aliphatic rings. The molecule has 0 spiro atoms. The van der Waals surface area contributed by atoms with Gasteiger partial charge in [-0.2, -0.15) is 0 Å². The SMILES string of the molecule is C#CC(O)CCCCCO[Si](C)(C)C(C)(C)C. The summed E-state index contributed by atoms with van der Waals surface area (Å²) in [6, 6.07) is 0. The van der Waals surface area contributed by atoms with Crippen LogP contribution in [0.15, 0.2) is 0 Å². The van der Waals surface area contributed by atoms with E-state index < -0.39 is 14.4 Å². The standard InChI is InChI=1S/C14H28O2Si/c1-7-13(15)11-9-8-10-12-16-17(5,6)14(2,3)4/h1,13,15H,8-12H2,2-6H3. The molecule has 1 N–H and O–H groups in total. The minimum atomic E-state index is -1.58. The Hall–Kier alpha value is -0.303. The quantitative estimate of drug-likeness (QED) is 0.429. The van der Waals surface area contributed by atoms with Crippen molar-refractivity contribution in [2.45, 2.75) is 70.7 Å². The largest absolute Gasteiger partial charge is 0.417 e. The number of unbranched alkanes of at least 4 members (excludes halogenated alkanes) is 2. The van der Waals surface area contributed by atoms with Crippen molar-refractivity contribution >= 4 is 8.32 Å². The van der Waals surface area contributed by atoms with Crippen molar-refractivity contribution in [3.8, 4) is 12.3 Å². The molecular weight excluding hydrogens is 228 g/mol. The highest BCUT2D eigenvalue weighted by molar-refractivity contribution is 6.74. The summed E-state index contributed by atoms with van der Waals surface area (Å²) in [6.45, 7) is 12.1. The van der Waals surface area contributed by atoms with E-state index in [4.69, 9.17) is 10.8 Å². The van der Waals surface area contributed by atoms with Gasteiger partial charge in [-0.05, 0) is 37.4 Å². The Morgan fingerprint density at radius 2 is 1.82 bits per heavy atom. The minimum absolute atomic E-state index is 0.284. The van der Waals surface area contributed by atoms with E-state index in [-0.39, 0.29) is 5.04 Å². The summed E-state index contributed by atoms with van der Waals surface area (Å²) in [7, 11) is -1.58. The van der Waals surface area contributed by atoms with Crippen LogP contribution in [0.25, 0.3) is 0 Å². The molecule has 1 unspecified atom stereocenters. The van der Waals surface area contributed by atoms with Crippen molar-refractivity contribution in [3.63, 3.8) is 0 Å². The fourth-order valence-corrected chi connectivity index (χ4v) is 2.33. The molecule has 2 nitrogen and oxygen atoms in total. The number of hydrogen-bond donors (Lipinski definition) is 1. The van der Waals surface area contributed by atoms with Gasteiger partial charge >= 0.3 is 0 Å². The maximum atomic E-state index is 9.19. The fraction of sp³-hybridized carbons (Fsp3) is 0.857. The van der Waals surface area contributed by atoms with Crippen LogP contribution in [-0.4, -0.2) is 26.1 Å². The summed E-state index contributed by atoms with van der Waals surface area (Å²) < 4.78 is 6.06. The van der Waals surface area contributed by atoms with Gasteiger partial charge in [0.05, 0.1) is 0 Å². The second kappa shape index (κ2) is 7.20. The van der Waals surface area contributed by atoms with Gasteiger partial charge in [0.1, 0.15) is 6.10 Å². The summed E-state index contributed by atoms with van der Waals surface area (Å²) >= 11 is 0. The Morgan fingerprint density at radius 1 is 1.24 bits per heavy atom. The van der Waals surface area contributed by atoms with Crippen LogP contribution in [0.1, 0.15) is 46.5 Å². The highest BCUT2D eigenvalue weighted by Crippen LogP contribution is 2.36. The van der Waals surface area contributed by atoms with Gasteiger partial charge in [-0.25, -0.2) is 0 Å². The van der Waals surface area contributed by atoms with Crippen molar-refractivity contribution in [2.75, 3.05) is 6.61 Å². The monoisotopic (exact) mass is 256 g/mol. The van der Waals surface area contributed by atoms with Crippen LogP contribution >= 0.6 is 0 Å². The molecule has 0 aromatic heterocycles. The lowest BCUT2D eigenvalue weighted by molar-refractivity contribution is 0.214. The van der Waals surface area contributed by atoms with E-state index in [2.05, 4.69) is 39.8 Å². The molecule has 0 radical (unpaired) electrons. The van der Waals surface area contributed by atoms with Crippen molar-refractivity contribution in [2.24, 2.45) is 0 Å². The van der Waals surface area contributed by atoms with Gasteiger partial charge in [0.15, 0.2) is 8.32 Å². The first-order valence-electron chi connectivity index (χ1n) is 6.49. The molecule has 0 saturated heterocycles. The second-order valence-corrected chi connectivity index (χ2v) is 10.9. The topological polar surface area (TPSA) is 29.5 Å². The number of rotatable bonds is 7. The lowest BCUT2D eigenvalue weighted by Gasteiger charge is -2.36. The third kappa shape index (κ3) is 6.87. The van der Waals surface area contributed by atoms with Crippen LogP contribution in [0, 0.1) is 12.3 Å². The third-order valence-corrected chi connectivity index (χ3v) is 8.12. The lowest BCUT2D eigenvalue weighted by Crippen LogP contribution is -2.40. The molecule has 0 aromatic carbocycles. The molecular formula is C14H28O2Si. The highest BCUT2D eigenvalue weighted by Gasteiger charge is 2.36. The molecule has 1 atom stereocenters. The zero-order chi connectivity index (χ0) is 13.5. The van der Waals surface area contributed by atoms with Gasteiger partial charge in [0.25, 0.3) is 0 Å². The average molecular weight is 256 g/mol. The van der Waals surface area contributed by atoms with E-state index in [0.717, 1.165) is 25.9 Å². The van der Waals surface area contributed by atoms with Crippen molar-refractivity contribution in [1.29, 1.82) is 0 Å². The third-order valence-electron chi connectivity index (χ3n) is 3.58. The molecule has 17 heavy (non-hydrogen) atoms. The van der Waals surface area contributed by atoms with Crippen LogP contribution in [0.5, 0.6) is 0 Å². The van der Waals surface area contributed by atoms with E-state index in [1.165, 1.54) is 0 Å². The molecule has 0 saturated carbocycles. The van der Waals surface area contributed by atoms with Crippen LogP contribution in [-0.2, 0) is 4.43 Å². The lowest BCUT2D eigenvalue weighted by atomic mass is 10.1. The highest BCUT2D eigenvalue weighted by atomic mass is 28.4. The fourth-order valence-electron chi connectivity index (χ4n) is 1.24. The Bertz CT molecular complexity index is 248. The van der Waals surface area contributed by atoms with Crippen LogP contribution in [0.3, 0.4) is 0 Å². The van der Waals surface area contributed by atoms with Crippen molar-refractivity contribution < 1.29 is 9.53 Å². The van der Waals surface area contributed by atoms with Crippen LogP contribution in [0.2, 0.25) is 18.1 Å². The molecule has 0 aromatic rings. The minimum Gasteiger partial charge on any atom is -0.417 e. The molecule has 3 heteroatoms. The summed E-state index contributed by atoms with van der Waals surface area (Å²) in [6.07, 6.45) is 8.35. The molecule has 0 amide bonds. The summed E-state index contributed by atoms with van der Waals surface area (Å²) in [5.74, 6) is 2.33. The first kappa shape index (κ1) is 16.7. The Kier molecular flexibility index (Phi) is 7.07. The zero-order valence-corrected chi connectivity index (χ0v) is 13.0. The number of aliphatic hydroxyl groups is 1. The number of hydrogen-bond acceptors (Lipinski definition) is 2. The predicted octanol–water partition coefficient (Wildman–Crippen LogP) is 3.56. The Morgan fingerprint density at radius 3 is 2.29 bits per heavy atom. The molecule has 0 heterocycles. The average Bonchev–Trinajstić information content (AvgIpc) is 2.21. The first-order valence-corrected chi connectivity index (χ1v) is 9.39. The smallest absolute Gasteiger partial charge is 0.191 e. The number of aliphatic hydroxyl groups excluding tert-OH is 1. The van der Waals surface area contributed by atoms with Crippen LogP contribution < -0.4 is 0 Å². The van der Waals surface area contributed by atoms with Gasteiger partial charge in [-0.1, -0.05) is 33.1 Å². The Balaban J connectivity index is 3.63. The van der Waals surface area contributed by atoms with E-state index in [9.17, 15) is 5.11 Å². The molecule has 0 fully saturated rings. The maximum Gasteiger partial charge on any atom is 0.191 e. The summed E-state index contributed by atoms with van der Waals surface area (Å²) in [5.41, 5.74) is 0. The molecule has 0 bridgehead atoms. The zero-order valence-electron chi connectivity index (χ0n) is 12.0. The molecule has 100 valence electrons. The van der Waals surface area contributed by atoms with Gasteiger partial charge in [-0.3, -0.25) is 0 Å².